The average molecular weight is 272 g/mol. The summed E-state index contributed by atoms with van der Waals surface area (Å²) < 4.78 is 0. The van der Waals surface area contributed by atoms with Crippen LogP contribution in [-0.4, -0.2) is 23.9 Å². The van der Waals surface area contributed by atoms with Crippen molar-refractivity contribution in [1.29, 1.82) is 5.41 Å². The molecule has 0 spiro atoms. The van der Waals surface area contributed by atoms with Crippen LogP contribution in [0.25, 0.3) is 0 Å². The number of nitrogens with zero attached hydrogens (tertiary/aromatic N) is 2. The molecule has 0 unspecified atom stereocenters. The number of hydrogen-bond donors (Lipinski definition) is 2. The molecule has 2 aliphatic carbocycles. The summed E-state index contributed by atoms with van der Waals surface area (Å²) in [4.78, 5) is 7.18. The fraction of sp³-hybridized carbons (Fsp3) is 0.625. The van der Waals surface area contributed by atoms with E-state index < -0.39 is 0 Å². The van der Waals surface area contributed by atoms with Gasteiger partial charge in [0.05, 0.1) is 5.56 Å². The Hall–Kier alpha value is -1.58. The lowest BCUT2D eigenvalue weighted by molar-refractivity contribution is 0.318. The molecule has 1 fully saturated rings. The van der Waals surface area contributed by atoms with Gasteiger partial charge in [-0.05, 0) is 56.6 Å². The zero-order chi connectivity index (χ0) is 14.1. The summed E-state index contributed by atoms with van der Waals surface area (Å²) >= 11 is 0. The summed E-state index contributed by atoms with van der Waals surface area (Å²) in [6.45, 7) is 4.16. The van der Waals surface area contributed by atoms with Gasteiger partial charge in [0.2, 0.25) is 0 Å². The van der Waals surface area contributed by atoms with Crippen LogP contribution in [0.4, 0.5) is 5.82 Å². The highest BCUT2D eigenvalue weighted by Crippen LogP contribution is 2.31. The maximum atomic E-state index is 7.86. The van der Waals surface area contributed by atoms with Crippen LogP contribution in [-0.2, 0) is 12.8 Å². The van der Waals surface area contributed by atoms with E-state index in [1.54, 1.807) is 0 Å². The first-order valence-corrected chi connectivity index (χ1v) is 7.81. The van der Waals surface area contributed by atoms with Crippen molar-refractivity contribution >= 4 is 11.7 Å². The predicted molar refractivity (Wildman–Crippen MR) is 82.5 cm³/mol. The second-order valence-electron chi connectivity index (χ2n) is 6.07. The van der Waals surface area contributed by atoms with Gasteiger partial charge in [0, 0.05) is 18.8 Å². The molecular formula is C16H24N4. The first-order valence-electron chi connectivity index (χ1n) is 7.81. The highest BCUT2D eigenvalue weighted by Gasteiger charge is 2.24. The van der Waals surface area contributed by atoms with E-state index in [1.165, 1.54) is 36.9 Å². The topological polar surface area (TPSA) is 66.0 Å². The molecule has 0 radical (unpaired) electrons. The number of nitrogens with one attached hydrogen (secondary N) is 1. The van der Waals surface area contributed by atoms with Crippen LogP contribution in [0.3, 0.4) is 0 Å². The van der Waals surface area contributed by atoms with Crippen molar-refractivity contribution in [3.8, 4) is 0 Å². The first kappa shape index (κ1) is 13.4. The molecule has 0 aliphatic heterocycles. The smallest absolute Gasteiger partial charge is 0.139 e. The number of pyridine rings is 1. The number of nitrogens with two attached hydrogens (primary N) is 1. The number of rotatable bonds is 5. The molecule has 0 amide bonds. The third kappa shape index (κ3) is 2.39. The Balaban J connectivity index is 1.94. The monoisotopic (exact) mass is 272 g/mol. The molecule has 2 aliphatic rings. The molecule has 1 saturated carbocycles. The fourth-order valence-corrected chi connectivity index (χ4v) is 3.25. The van der Waals surface area contributed by atoms with Crippen LogP contribution in [0.15, 0.2) is 6.07 Å². The number of anilines is 1. The van der Waals surface area contributed by atoms with E-state index in [9.17, 15) is 0 Å². The van der Waals surface area contributed by atoms with Gasteiger partial charge in [0.1, 0.15) is 11.7 Å². The highest BCUT2D eigenvalue weighted by atomic mass is 15.2. The van der Waals surface area contributed by atoms with Crippen molar-refractivity contribution in [2.24, 2.45) is 11.7 Å². The Kier molecular flexibility index (Phi) is 3.64. The standard InChI is InChI=1S/C16H24N4/c1-2-20(10-11-5-3-6-11)16-13(15(17)18)9-12-7-4-8-14(12)19-16/h9,11H,2-8,10H2,1H3,(H3,17,18). The average Bonchev–Trinajstić information content (AvgIpc) is 2.83. The quantitative estimate of drug-likeness (QED) is 0.639. The maximum absolute atomic E-state index is 7.86. The Labute approximate surface area is 120 Å². The Bertz CT molecular complexity index is 519. The number of fused-ring (bicyclic) bond motifs is 1. The van der Waals surface area contributed by atoms with Crippen molar-refractivity contribution in [1.82, 2.24) is 4.98 Å². The molecule has 3 rings (SSSR count). The van der Waals surface area contributed by atoms with Gasteiger partial charge in [0.25, 0.3) is 0 Å². The molecule has 108 valence electrons. The van der Waals surface area contributed by atoms with E-state index in [2.05, 4.69) is 17.9 Å². The fourth-order valence-electron chi connectivity index (χ4n) is 3.25. The van der Waals surface area contributed by atoms with Crippen molar-refractivity contribution in [3.05, 3.63) is 22.9 Å². The van der Waals surface area contributed by atoms with E-state index in [0.717, 1.165) is 43.2 Å². The normalized spacial score (nSPS) is 17.6. The van der Waals surface area contributed by atoms with Crippen LogP contribution in [0.5, 0.6) is 0 Å². The van der Waals surface area contributed by atoms with Crippen molar-refractivity contribution < 1.29 is 0 Å². The summed E-state index contributed by atoms with van der Waals surface area (Å²) in [6, 6.07) is 2.11. The largest absolute Gasteiger partial charge is 0.384 e. The van der Waals surface area contributed by atoms with Gasteiger partial charge in [-0.25, -0.2) is 4.98 Å². The molecule has 1 aromatic rings. The summed E-state index contributed by atoms with van der Waals surface area (Å²) in [7, 11) is 0. The van der Waals surface area contributed by atoms with Crippen LogP contribution < -0.4 is 10.6 Å². The van der Waals surface area contributed by atoms with Gasteiger partial charge in [-0.1, -0.05) is 6.42 Å². The van der Waals surface area contributed by atoms with E-state index in [0.29, 0.717) is 0 Å². The molecule has 0 aromatic carbocycles. The van der Waals surface area contributed by atoms with Crippen LogP contribution in [0.1, 0.15) is 49.4 Å². The Morgan fingerprint density at radius 2 is 2.20 bits per heavy atom. The van der Waals surface area contributed by atoms with Crippen molar-refractivity contribution in [2.75, 3.05) is 18.0 Å². The lowest BCUT2D eigenvalue weighted by Gasteiger charge is -2.33. The number of nitrogen functional groups attached to an aromatic ring is 1. The van der Waals surface area contributed by atoms with E-state index in [4.69, 9.17) is 16.1 Å². The van der Waals surface area contributed by atoms with E-state index in [1.807, 2.05) is 0 Å². The van der Waals surface area contributed by atoms with Gasteiger partial charge in [-0.15, -0.1) is 0 Å². The van der Waals surface area contributed by atoms with E-state index >= 15 is 0 Å². The molecule has 20 heavy (non-hydrogen) atoms. The molecule has 1 aromatic heterocycles. The number of aryl methyl sites for hydroxylation is 2. The Morgan fingerprint density at radius 1 is 1.40 bits per heavy atom. The molecule has 4 nitrogen and oxygen atoms in total. The van der Waals surface area contributed by atoms with Gasteiger partial charge < -0.3 is 10.6 Å². The number of aromatic nitrogens is 1. The number of hydrogen-bond acceptors (Lipinski definition) is 3. The van der Waals surface area contributed by atoms with Crippen LogP contribution in [0.2, 0.25) is 0 Å². The zero-order valence-corrected chi connectivity index (χ0v) is 12.3. The molecular weight excluding hydrogens is 248 g/mol. The first-order chi connectivity index (χ1) is 9.69. The van der Waals surface area contributed by atoms with Gasteiger partial charge in [-0.2, -0.15) is 0 Å². The lowest BCUT2D eigenvalue weighted by Crippen LogP contribution is -2.35. The molecule has 0 bridgehead atoms. The lowest BCUT2D eigenvalue weighted by atomic mass is 9.85. The highest BCUT2D eigenvalue weighted by molar-refractivity contribution is 6.00. The summed E-state index contributed by atoms with van der Waals surface area (Å²) in [5.74, 6) is 1.88. The second-order valence-corrected chi connectivity index (χ2v) is 6.07. The SMILES string of the molecule is CCN(CC1CCC1)c1nc2c(cc1C(=N)N)CCC2. The minimum Gasteiger partial charge on any atom is -0.384 e. The minimum absolute atomic E-state index is 0.147. The third-order valence-corrected chi connectivity index (χ3v) is 4.71. The zero-order valence-electron chi connectivity index (χ0n) is 12.3. The summed E-state index contributed by atoms with van der Waals surface area (Å²) in [5, 5.41) is 7.86. The third-order valence-electron chi connectivity index (χ3n) is 4.71. The van der Waals surface area contributed by atoms with E-state index in [-0.39, 0.29) is 5.84 Å². The summed E-state index contributed by atoms with van der Waals surface area (Å²) in [5.41, 5.74) is 9.13. The minimum atomic E-state index is 0.147. The second kappa shape index (κ2) is 5.43. The van der Waals surface area contributed by atoms with Gasteiger partial charge in [-0.3, -0.25) is 5.41 Å². The molecule has 1 heterocycles. The van der Waals surface area contributed by atoms with Crippen LogP contribution >= 0.6 is 0 Å². The molecule has 3 N–H and O–H groups in total. The molecule has 4 heteroatoms. The predicted octanol–water partition coefficient (Wildman–Crippen LogP) is 2.48. The maximum Gasteiger partial charge on any atom is 0.139 e. The van der Waals surface area contributed by atoms with Crippen LogP contribution in [0, 0.1) is 11.3 Å². The van der Waals surface area contributed by atoms with Crippen molar-refractivity contribution in [2.45, 2.75) is 45.4 Å². The summed E-state index contributed by atoms with van der Waals surface area (Å²) in [6.07, 6.45) is 7.35. The van der Waals surface area contributed by atoms with Gasteiger partial charge in [0.15, 0.2) is 0 Å². The molecule has 0 saturated heterocycles. The van der Waals surface area contributed by atoms with Gasteiger partial charge >= 0.3 is 0 Å². The number of amidine groups is 1. The molecule has 0 atom stereocenters. The van der Waals surface area contributed by atoms with Crippen molar-refractivity contribution in [3.63, 3.8) is 0 Å². The Morgan fingerprint density at radius 3 is 2.80 bits per heavy atom.